The molecule has 0 unspecified atom stereocenters. The normalized spacial score (nSPS) is 17.4. The predicted molar refractivity (Wildman–Crippen MR) is 125 cm³/mol. The summed E-state index contributed by atoms with van der Waals surface area (Å²) in [4.78, 5) is 11.3. The molecule has 2 aromatic carbocycles. The van der Waals surface area contributed by atoms with Crippen LogP contribution in [-0.2, 0) is 22.2 Å². The van der Waals surface area contributed by atoms with E-state index in [2.05, 4.69) is 51.0 Å². The lowest BCUT2D eigenvalue weighted by Crippen LogP contribution is -2.33. The number of aliphatic carboxylic acids is 1. The molecular formula is C27H32N2O3. The van der Waals surface area contributed by atoms with Gasteiger partial charge < -0.3 is 9.84 Å². The fourth-order valence-corrected chi connectivity index (χ4v) is 4.67. The van der Waals surface area contributed by atoms with Gasteiger partial charge in [0.15, 0.2) is 0 Å². The second kappa shape index (κ2) is 8.45. The average Bonchev–Trinajstić information content (AvgIpc) is 3.29. The highest BCUT2D eigenvalue weighted by atomic mass is 16.5. The molecule has 0 amide bonds. The lowest BCUT2D eigenvalue weighted by Gasteiger charge is -2.42. The van der Waals surface area contributed by atoms with Crippen molar-refractivity contribution in [3.63, 3.8) is 0 Å². The van der Waals surface area contributed by atoms with Crippen molar-refractivity contribution >= 4 is 5.97 Å². The standard InChI is InChI=1S/C27H32N2O3/c1-26(2)12-13-27(3,4)23-16-19(6-11-22(23)26)18-32-21-9-7-20(8-10-21)24(17-25(30)31)29-15-5-14-28-29/h5-11,14-16,24H,12-13,17-18H2,1-4H3,(H,30,31)/t24-/m1/s1. The minimum absolute atomic E-state index is 0.0247. The Morgan fingerprint density at radius 1 is 1.06 bits per heavy atom. The van der Waals surface area contributed by atoms with Gasteiger partial charge >= 0.3 is 5.97 Å². The van der Waals surface area contributed by atoms with Gasteiger partial charge in [0.25, 0.3) is 0 Å². The molecule has 1 aromatic heterocycles. The van der Waals surface area contributed by atoms with E-state index >= 15 is 0 Å². The van der Waals surface area contributed by atoms with Crippen LogP contribution in [-0.4, -0.2) is 20.9 Å². The third kappa shape index (κ3) is 4.57. The molecule has 0 bridgehead atoms. The Labute approximate surface area is 190 Å². The van der Waals surface area contributed by atoms with Gasteiger partial charge in [-0.25, -0.2) is 0 Å². The molecule has 5 heteroatoms. The number of carbonyl (C=O) groups is 1. The van der Waals surface area contributed by atoms with E-state index in [1.54, 1.807) is 23.1 Å². The minimum Gasteiger partial charge on any atom is -0.489 e. The van der Waals surface area contributed by atoms with E-state index in [4.69, 9.17) is 4.74 Å². The highest BCUT2D eigenvalue weighted by molar-refractivity contribution is 5.68. The molecule has 4 rings (SSSR count). The molecule has 1 heterocycles. The van der Waals surface area contributed by atoms with Gasteiger partial charge in [-0.3, -0.25) is 9.48 Å². The van der Waals surface area contributed by atoms with Gasteiger partial charge in [0.1, 0.15) is 12.4 Å². The number of aromatic nitrogens is 2. The number of carboxylic acids is 1. The van der Waals surface area contributed by atoms with E-state index in [9.17, 15) is 9.90 Å². The predicted octanol–water partition coefficient (Wildman–Crippen LogP) is 5.88. The fourth-order valence-electron chi connectivity index (χ4n) is 4.67. The van der Waals surface area contributed by atoms with E-state index in [-0.39, 0.29) is 23.3 Å². The monoisotopic (exact) mass is 432 g/mol. The summed E-state index contributed by atoms with van der Waals surface area (Å²) in [6.45, 7) is 9.83. The maximum atomic E-state index is 11.3. The zero-order valence-electron chi connectivity index (χ0n) is 19.3. The first-order chi connectivity index (χ1) is 15.2. The summed E-state index contributed by atoms with van der Waals surface area (Å²) in [6, 6.07) is 15.9. The lowest BCUT2D eigenvalue weighted by molar-refractivity contribution is -0.137. The van der Waals surface area contributed by atoms with Gasteiger partial charge in [-0.1, -0.05) is 58.0 Å². The summed E-state index contributed by atoms with van der Waals surface area (Å²) in [5.74, 6) is -0.0926. The van der Waals surface area contributed by atoms with E-state index in [1.807, 2.05) is 24.3 Å². The second-order valence-corrected chi connectivity index (χ2v) is 10.1. The lowest BCUT2D eigenvalue weighted by atomic mass is 9.63. The van der Waals surface area contributed by atoms with Gasteiger partial charge in [0.05, 0.1) is 12.5 Å². The molecule has 0 radical (unpaired) electrons. The Bertz CT molecular complexity index is 1080. The zero-order valence-corrected chi connectivity index (χ0v) is 19.3. The van der Waals surface area contributed by atoms with Crippen LogP contribution < -0.4 is 4.74 Å². The topological polar surface area (TPSA) is 64.3 Å². The second-order valence-electron chi connectivity index (χ2n) is 10.1. The maximum absolute atomic E-state index is 11.3. The van der Waals surface area contributed by atoms with Crippen LogP contribution in [0, 0.1) is 0 Å². The summed E-state index contributed by atoms with van der Waals surface area (Å²) >= 11 is 0. The third-order valence-electron chi connectivity index (χ3n) is 6.80. The first-order valence-corrected chi connectivity index (χ1v) is 11.2. The van der Waals surface area contributed by atoms with Gasteiger partial charge in [-0.05, 0) is 64.1 Å². The number of hydrogen-bond donors (Lipinski definition) is 1. The van der Waals surface area contributed by atoms with Crippen LogP contribution >= 0.6 is 0 Å². The Morgan fingerprint density at radius 2 is 1.75 bits per heavy atom. The van der Waals surface area contributed by atoms with E-state index in [0.717, 1.165) is 11.3 Å². The average molecular weight is 433 g/mol. The summed E-state index contributed by atoms with van der Waals surface area (Å²) in [6.07, 6.45) is 5.82. The summed E-state index contributed by atoms with van der Waals surface area (Å²) in [7, 11) is 0. The van der Waals surface area contributed by atoms with Crippen molar-refractivity contribution in [2.45, 2.75) is 70.4 Å². The smallest absolute Gasteiger partial charge is 0.305 e. The van der Waals surface area contributed by atoms with Crippen LogP contribution in [0.5, 0.6) is 5.75 Å². The molecule has 0 saturated carbocycles. The van der Waals surface area contributed by atoms with E-state index in [1.165, 1.54) is 29.5 Å². The number of benzene rings is 2. The highest BCUT2D eigenvalue weighted by Crippen LogP contribution is 2.45. The number of nitrogens with zero attached hydrogens (tertiary/aromatic N) is 2. The number of ether oxygens (including phenoxy) is 1. The van der Waals surface area contributed by atoms with Gasteiger partial charge in [-0.15, -0.1) is 0 Å². The van der Waals surface area contributed by atoms with Crippen LogP contribution in [0.4, 0.5) is 0 Å². The molecule has 0 spiro atoms. The van der Waals surface area contributed by atoms with Crippen molar-refractivity contribution in [2.24, 2.45) is 0 Å². The fraction of sp³-hybridized carbons (Fsp3) is 0.407. The number of carboxylic acid groups (broad SMARTS) is 1. The minimum atomic E-state index is -0.857. The van der Waals surface area contributed by atoms with Crippen molar-refractivity contribution in [1.82, 2.24) is 9.78 Å². The molecule has 3 aromatic rings. The molecule has 168 valence electrons. The quantitative estimate of drug-likeness (QED) is 0.507. The van der Waals surface area contributed by atoms with Crippen LogP contribution in [0.25, 0.3) is 0 Å². The summed E-state index contributed by atoms with van der Waals surface area (Å²) in [5, 5.41) is 13.5. The third-order valence-corrected chi connectivity index (χ3v) is 6.80. The van der Waals surface area contributed by atoms with Crippen molar-refractivity contribution < 1.29 is 14.6 Å². The maximum Gasteiger partial charge on any atom is 0.305 e. The number of hydrogen-bond acceptors (Lipinski definition) is 3. The molecular weight excluding hydrogens is 400 g/mol. The highest BCUT2D eigenvalue weighted by Gasteiger charge is 2.36. The largest absolute Gasteiger partial charge is 0.489 e. The molecule has 0 saturated heterocycles. The number of fused-ring (bicyclic) bond motifs is 1. The Morgan fingerprint density at radius 3 is 2.38 bits per heavy atom. The molecule has 1 aliphatic rings. The molecule has 0 fully saturated rings. The molecule has 32 heavy (non-hydrogen) atoms. The van der Waals surface area contributed by atoms with Crippen LogP contribution in [0.2, 0.25) is 0 Å². The first kappa shape index (κ1) is 22.1. The Kier molecular flexibility index (Phi) is 5.85. The molecule has 5 nitrogen and oxygen atoms in total. The van der Waals surface area contributed by atoms with E-state index < -0.39 is 5.97 Å². The molecule has 1 aliphatic carbocycles. The first-order valence-electron chi connectivity index (χ1n) is 11.2. The zero-order chi connectivity index (χ0) is 22.9. The molecule has 1 atom stereocenters. The van der Waals surface area contributed by atoms with Crippen molar-refractivity contribution in [3.8, 4) is 5.75 Å². The Balaban J connectivity index is 1.49. The SMILES string of the molecule is CC1(C)CCC(C)(C)c2cc(COc3ccc([C@@H](CC(=O)O)n4cccn4)cc3)ccc21. The van der Waals surface area contributed by atoms with Crippen LogP contribution in [0.15, 0.2) is 60.9 Å². The van der Waals surface area contributed by atoms with Crippen molar-refractivity contribution in [2.75, 3.05) is 0 Å². The summed E-state index contributed by atoms with van der Waals surface area (Å²) < 4.78 is 7.75. The van der Waals surface area contributed by atoms with E-state index in [0.29, 0.717) is 6.61 Å². The van der Waals surface area contributed by atoms with Crippen LogP contribution in [0.3, 0.4) is 0 Å². The van der Waals surface area contributed by atoms with Crippen molar-refractivity contribution in [1.29, 1.82) is 0 Å². The van der Waals surface area contributed by atoms with Gasteiger partial charge in [0, 0.05) is 12.4 Å². The van der Waals surface area contributed by atoms with Gasteiger partial charge in [0.2, 0.25) is 0 Å². The summed E-state index contributed by atoms with van der Waals surface area (Å²) in [5.41, 5.74) is 5.32. The molecule has 1 N–H and O–H groups in total. The molecule has 0 aliphatic heterocycles. The van der Waals surface area contributed by atoms with Crippen molar-refractivity contribution in [3.05, 3.63) is 83.2 Å². The van der Waals surface area contributed by atoms with Gasteiger partial charge in [-0.2, -0.15) is 5.10 Å². The number of rotatable bonds is 7. The Hall–Kier alpha value is -3.08. The van der Waals surface area contributed by atoms with Crippen LogP contribution in [0.1, 0.15) is 75.3 Å².